The summed E-state index contributed by atoms with van der Waals surface area (Å²) in [4.78, 5) is 14.1. The van der Waals surface area contributed by atoms with Crippen LogP contribution >= 0.6 is 0 Å². The molecule has 0 unspecified atom stereocenters. The van der Waals surface area contributed by atoms with Gasteiger partial charge in [0.15, 0.2) is 11.5 Å². The Bertz CT molecular complexity index is 817. The number of aromatic nitrogens is 3. The van der Waals surface area contributed by atoms with Gasteiger partial charge in [0.2, 0.25) is 0 Å². The van der Waals surface area contributed by atoms with Gasteiger partial charge in [-0.05, 0) is 18.2 Å². The summed E-state index contributed by atoms with van der Waals surface area (Å²) >= 11 is 0. The first-order chi connectivity index (χ1) is 10.8. The predicted molar refractivity (Wildman–Crippen MR) is 78.3 cm³/mol. The maximum absolute atomic E-state index is 12.3. The number of nitrogens with zero attached hydrogens (tertiary/aromatic N) is 3. The minimum absolute atomic E-state index is 0.123. The van der Waals surface area contributed by atoms with E-state index in [-0.39, 0.29) is 5.91 Å². The lowest BCUT2D eigenvalue weighted by Gasteiger charge is -2.25. The van der Waals surface area contributed by atoms with Crippen molar-refractivity contribution in [3.63, 3.8) is 0 Å². The molecule has 1 amide bonds. The molecular weight excluding hydrogens is 284 g/mol. The Balaban J connectivity index is 1.61. The molecule has 22 heavy (non-hydrogen) atoms. The fraction of sp³-hybridized carbons (Fsp3) is 0.267. The Labute approximate surface area is 125 Å². The van der Waals surface area contributed by atoms with Crippen molar-refractivity contribution in [2.24, 2.45) is 0 Å². The van der Waals surface area contributed by atoms with Crippen LogP contribution in [0.2, 0.25) is 0 Å². The minimum Gasteiger partial charge on any atom is -0.378 e. The number of hydrogen-bond acceptors (Lipinski definition) is 5. The van der Waals surface area contributed by atoms with Gasteiger partial charge in [-0.2, -0.15) is 5.10 Å². The van der Waals surface area contributed by atoms with E-state index in [0.717, 1.165) is 16.5 Å². The Hall–Kier alpha value is -2.67. The highest BCUT2D eigenvalue weighted by Gasteiger charge is 2.22. The maximum Gasteiger partial charge on any atom is 0.276 e. The van der Waals surface area contributed by atoms with Crippen LogP contribution in [-0.2, 0) is 4.74 Å². The molecule has 3 heterocycles. The molecular formula is C15H14N4O3. The molecule has 0 spiro atoms. The molecule has 4 rings (SSSR count). The van der Waals surface area contributed by atoms with Crippen molar-refractivity contribution >= 4 is 16.8 Å². The number of hydrogen-bond donors (Lipinski definition) is 1. The summed E-state index contributed by atoms with van der Waals surface area (Å²) in [5, 5.41) is 11.8. The number of nitrogens with one attached hydrogen (secondary N) is 1. The van der Waals surface area contributed by atoms with Gasteiger partial charge < -0.3 is 14.2 Å². The summed E-state index contributed by atoms with van der Waals surface area (Å²) in [5.41, 5.74) is 2.14. The number of fused-ring (bicyclic) bond motifs is 1. The topological polar surface area (TPSA) is 84.2 Å². The van der Waals surface area contributed by atoms with Crippen molar-refractivity contribution < 1.29 is 14.1 Å². The second-order valence-corrected chi connectivity index (χ2v) is 5.15. The number of benzene rings is 1. The first-order valence-corrected chi connectivity index (χ1v) is 7.08. The van der Waals surface area contributed by atoms with Crippen LogP contribution in [0.3, 0.4) is 0 Å². The van der Waals surface area contributed by atoms with E-state index in [1.165, 1.54) is 0 Å². The smallest absolute Gasteiger partial charge is 0.276 e. The number of ether oxygens (including phenoxy) is 1. The fourth-order valence-electron chi connectivity index (χ4n) is 2.54. The van der Waals surface area contributed by atoms with Crippen LogP contribution in [0.5, 0.6) is 0 Å². The van der Waals surface area contributed by atoms with Gasteiger partial charge in [-0.15, -0.1) is 0 Å². The first-order valence-electron chi connectivity index (χ1n) is 7.08. The summed E-state index contributed by atoms with van der Waals surface area (Å²) in [6.07, 6.45) is 1.75. The van der Waals surface area contributed by atoms with Crippen molar-refractivity contribution in [3.05, 3.63) is 36.2 Å². The zero-order valence-corrected chi connectivity index (χ0v) is 11.8. The van der Waals surface area contributed by atoms with E-state index in [1.54, 1.807) is 17.2 Å². The van der Waals surface area contributed by atoms with E-state index in [9.17, 15) is 4.79 Å². The lowest BCUT2D eigenvalue weighted by molar-refractivity contribution is 0.0296. The number of carbonyl (C=O) groups excluding carboxylic acids is 1. The first kappa shape index (κ1) is 13.0. The quantitative estimate of drug-likeness (QED) is 0.778. The number of rotatable bonds is 2. The van der Waals surface area contributed by atoms with Crippen LogP contribution in [0.25, 0.3) is 22.2 Å². The van der Waals surface area contributed by atoms with Gasteiger partial charge in [0, 0.05) is 30.1 Å². The molecule has 0 aliphatic carbocycles. The molecule has 1 aliphatic heterocycles. The highest BCUT2D eigenvalue weighted by Crippen LogP contribution is 2.24. The summed E-state index contributed by atoms with van der Waals surface area (Å²) in [5.74, 6) is 0.447. The lowest BCUT2D eigenvalue weighted by atomic mass is 10.1. The number of morpholine rings is 1. The maximum atomic E-state index is 12.3. The molecule has 2 aromatic heterocycles. The third kappa shape index (κ3) is 2.25. The van der Waals surface area contributed by atoms with E-state index < -0.39 is 0 Å². The van der Waals surface area contributed by atoms with Gasteiger partial charge in [0.25, 0.3) is 5.91 Å². The third-order valence-electron chi connectivity index (χ3n) is 3.75. The molecule has 3 aromatic rings. The Morgan fingerprint density at radius 1 is 1.23 bits per heavy atom. The Morgan fingerprint density at radius 3 is 2.95 bits per heavy atom. The molecule has 0 radical (unpaired) electrons. The van der Waals surface area contributed by atoms with Crippen LogP contribution in [0, 0.1) is 0 Å². The van der Waals surface area contributed by atoms with Crippen LogP contribution in [-0.4, -0.2) is 52.5 Å². The molecule has 1 aliphatic rings. The van der Waals surface area contributed by atoms with Crippen molar-refractivity contribution in [1.29, 1.82) is 0 Å². The van der Waals surface area contributed by atoms with Gasteiger partial charge in [-0.25, -0.2) is 0 Å². The number of carbonyl (C=O) groups is 1. The second kappa shape index (κ2) is 5.27. The van der Waals surface area contributed by atoms with Gasteiger partial charge >= 0.3 is 0 Å². The average molecular weight is 298 g/mol. The van der Waals surface area contributed by atoms with Crippen LogP contribution in [0.4, 0.5) is 0 Å². The number of H-pyrrole nitrogens is 1. The summed E-state index contributed by atoms with van der Waals surface area (Å²) in [6.45, 7) is 2.30. The Kier molecular flexibility index (Phi) is 3.12. The molecule has 7 heteroatoms. The van der Waals surface area contributed by atoms with Crippen molar-refractivity contribution in [2.75, 3.05) is 26.3 Å². The van der Waals surface area contributed by atoms with Gasteiger partial charge in [-0.3, -0.25) is 9.89 Å². The molecule has 1 aromatic carbocycles. The summed E-state index contributed by atoms with van der Waals surface area (Å²) in [6, 6.07) is 7.45. The van der Waals surface area contributed by atoms with Crippen LogP contribution in [0.15, 0.2) is 35.0 Å². The van der Waals surface area contributed by atoms with E-state index in [1.807, 2.05) is 18.2 Å². The summed E-state index contributed by atoms with van der Waals surface area (Å²) < 4.78 is 10.6. The molecule has 7 nitrogen and oxygen atoms in total. The van der Waals surface area contributed by atoms with Gasteiger partial charge in [0.05, 0.1) is 24.9 Å². The normalized spacial score (nSPS) is 15.4. The standard InChI is InChI=1S/C15H14N4O3/c20-15(19-3-5-21-6-4-19)13-8-14(22-18-13)10-1-2-12-11(7-10)9-16-17-12/h1-2,7-9H,3-6H2,(H,16,17). The summed E-state index contributed by atoms with van der Waals surface area (Å²) in [7, 11) is 0. The van der Waals surface area contributed by atoms with E-state index in [0.29, 0.717) is 37.8 Å². The highest BCUT2D eigenvalue weighted by atomic mass is 16.5. The molecule has 1 saturated heterocycles. The van der Waals surface area contributed by atoms with Crippen molar-refractivity contribution in [3.8, 4) is 11.3 Å². The van der Waals surface area contributed by atoms with E-state index in [2.05, 4.69) is 15.4 Å². The molecule has 1 fully saturated rings. The van der Waals surface area contributed by atoms with Crippen molar-refractivity contribution in [1.82, 2.24) is 20.3 Å². The van der Waals surface area contributed by atoms with E-state index in [4.69, 9.17) is 9.26 Å². The van der Waals surface area contributed by atoms with E-state index >= 15 is 0 Å². The fourth-order valence-corrected chi connectivity index (χ4v) is 2.54. The monoisotopic (exact) mass is 298 g/mol. The third-order valence-corrected chi connectivity index (χ3v) is 3.75. The Morgan fingerprint density at radius 2 is 2.09 bits per heavy atom. The molecule has 112 valence electrons. The number of amides is 1. The molecule has 0 saturated carbocycles. The zero-order chi connectivity index (χ0) is 14.9. The molecule has 1 N–H and O–H groups in total. The van der Waals surface area contributed by atoms with Crippen molar-refractivity contribution in [2.45, 2.75) is 0 Å². The van der Waals surface area contributed by atoms with Crippen LogP contribution in [0.1, 0.15) is 10.5 Å². The van der Waals surface area contributed by atoms with Gasteiger partial charge in [-0.1, -0.05) is 5.16 Å². The molecule has 0 atom stereocenters. The zero-order valence-electron chi connectivity index (χ0n) is 11.8. The highest BCUT2D eigenvalue weighted by molar-refractivity contribution is 5.93. The molecule has 0 bridgehead atoms. The van der Waals surface area contributed by atoms with Gasteiger partial charge in [0.1, 0.15) is 0 Å². The SMILES string of the molecule is O=C(c1cc(-c2ccc3[nH]ncc3c2)on1)N1CCOCC1. The lowest BCUT2D eigenvalue weighted by Crippen LogP contribution is -2.40. The largest absolute Gasteiger partial charge is 0.378 e. The van der Waals surface area contributed by atoms with Crippen LogP contribution < -0.4 is 0 Å². The second-order valence-electron chi connectivity index (χ2n) is 5.15. The average Bonchev–Trinajstić information content (AvgIpc) is 3.23. The minimum atomic E-state index is -0.123. The number of aromatic amines is 1. The predicted octanol–water partition coefficient (Wildman–Crippen LogP) is 1.69.